The van der Waals surface area contributed by atoms with Crippen molar-refractivity contribution >= 4 is 11.7 Å². The second kappa shape index (κ2) is 8.16. The van der Waals surface area contributed by atoms with Gasteiger partial charge in [-0.1, -0.05) is 37.3 Å². The number of aryl methyl sites for hydroxylation is 1. The van der Waals surface area contributed by atoms with Gasteiger partial charge >= 0.3 is 6.03 Å². The second-order valence-corrected chi connectivity index (χ2v) is 6.60. The van der Waals surface area contributed by atoms with Gasteiger partial charge in [0, 0.05) is 25.8 Å². The molecule has 0 spiro atoms. The molecule has 0 aliphatic carbocycles. The maximum absolute atomic E-state index is 12.4. The molecule has 1 aliphatic rings. The first-order chi connectivity index (χ1) is 12.2. The maximum Gasteiger partial charge on any atom is 0.321 e. The molecule has 2 amide bonds. The van der Waals surface area contributed by atoms with Crippen LogP contribution in [0, 0.1) is 5.92 Å². The topological polar surface area (TPSA) is 70.4 Å². The standard InChI is InChI=1S/C19H26N4O2/c1-2-10-23-14-17(13-20-23)21-19(25)22-11-8-16(9-12-22)18(24)15-6-4-3-5-7-15/h3-7,13-14,16,18,24H,2,8-12H2,1H3,(H,21,25). The van der Waals surface area contributed by atoms with E-state index in [-0.39, 0.29) is 11.9 Å². The van der Waals surface area contributed by atoms with Crippen LogP contribution in [0.1, 0.15) is 37.9 Å². The summed E-state index contributed by atoms with van der Waals surface area (Å²) in [5.74, 6) is 0.193. The Labute approximate surface area is 148 Å². The predicted octanol–water partition coefficient (Wildman–Crippen LogP) is 3.27. The number of nitrogens with one attached hydrogen (secondary N) is 1. The summed E-state index contributed by atoms with van der Waals surface area (Å²) in [4.78, 5) is 14.2. The fraction of sp³-hybridized carbons (Fsp3) is 0.474. The van der Waals surface area contributed by atoms with E-state index in [0.29, 0.717) is 13.1 Å². The van der Waals surface area contributed by atoms with Gasteiger partial charge in [0.1, 0.15) is 0 Å². The molecule has 3 rings (SSSR count). The van der Waals surface area contributed by atoms with E-state index >= 15 is 0 Å². The van der Waals surface area contributed by atoms with Crippen molar-refractivity contribution in [3.63, 3.8) is 0 Å². The summed E-state index contributed by atoms with van der Waals surface area (Å²) in [5.41, 5.74) is 1.68. The number of aliphatic hydroxyl groups excluding tert-OH is 1. The van der Waals surface area contributed by atoms with E-state index in [1.807, 2.05) is 46.1 Å². The van der Waals surface area contributed by atoms with E-state index in [1.165, 1.54) is 0 Å². The molecule has 0 radical (unpaired) electrons. The second-order valence-electron chi connectivity index (χ2n) is 6.60. The SMILES string of the molecule is CCCn1cc(NC(=O)N2CCC(C(O)c3ccccc3)CC2)cn1. The van der Waals surface area contributed by atoms with Gasteiger partial charge in [-0.3, -0.25) is 4.68 Å². The third-order valence-corrected chi connectivity index (χ3v) is 4.75. The van der Waals surface area contributed by atoms with Gasteiger partial charge in [-0.05, 0) is 30.7 Å². The van der Waals surface area contributed by atoms with E-state index in [1.54, 1.807) is 6.20 Å². The Balaban J connectivity index is 1.50. The number of rotatable bonds is 5. The van der Waals surface area contributed by atoms with Crippen LogP contribution >= 0.6 is 0 Å². The number of aromatic nitrogens is 2. The summed E-state index contributed by atoms with van der Waals surface area (Å²) < 4.78 is 1.83. The van der Waals surface area contributed by atoms with Gasteiger partial charge in [0.15, 0.2) is 0 Å². The molecule has 1 aromatic heterocycles. The average Bonchev–Trinajstić information content (AvgIpc) is 3.09. The highest BCUT2D eigenvalue weighted by Gasteiger charge is 2.28. The summed E-state index contributed by atoms with van der Waals surface area (Å²) in [6.07, 6.45) is 5.69. The highest BCUT2D eigenvalue weighted by atomic mass is 16.3. The zero-order valence-electron chi connectivity index (χ0n) is 14.6. The van der Waals surface area contributed by atoms with Crippen molar-refractivity contribution < 1.29 is 9.90 Å². The molecular formula is C19H26N4O2. The van der Waals surface area contributed by atoms with Crippen LogP contribution in [0.4, 0.5) is 10.5 Å². The van der Waals surface area contributed by atoms with E-state index in [0.717, 1.165) is 37.1 Å². The Hall–Kier alpha value is -2.34. The molecule has 25 heavy (non-hydrogen) atoms. The fourth-order valence-electron chi connectivity index (χ4n) is 3.32. The molecule has 0 bridgehead atoms. The summed E-state index contributed by atoms with van der Waals surface area (Å²) in [7, 11) is 0. The maximum atomic E-state index is 12.4. The average molecular weight is 342 g/mol. The minimum Gasteiger partial charge on any atom is -0.388 e. The molecule has 6 heteroatoms. The number of urea groups is 1. The number of amides is 2. The Kier molecular flexibility index (Phi) is 5.71. The minimum atomic E-state index is -0.460. The number of piperidine rings is 1. The number of hydrogen-bond acceptors (Lipinski definition) is 3. The third-order valence-electron chi connectivity index (χ3n) is 4.75. The summed E-state index contributed by atoms with van der Waals surface area (Å²) >= 11 is 0. The van der Waals surface area contributed by atoms with Crippen molar-refractivity contribution in [2.75, 3.05) is 18.4 Å². The first-order valence-corrected chi connectivity index (χ1v) is 8.98. The van der Waals surface area contributed by atoms with Crippen LogP contribution in [0.3, 0.4) is 0 Å². The van der Waals surface area contributed by atoms with Crippen molar-refractivity contribution in [2.45, 2.75) is 38.8 Å². The predicted molar refractivity (Wildman–Crippen MR) is 97.2 cm³/mol. The van der Waals surface area contributed by atoms with Crippen molar-refractivity contribution in [3.05, 3.63) is 48.3 Å². The highest BCUT2D eigenvalue weighted by Crippen LogP contribution is 2.30. The van der Waals surface area contributed by atoms with Crippen LogP contribution in [-0.2, 0) is 6.54 Å². The third kappa shape index (κ3) is 4.39. The molecule has 1 atom stereocenters. The highest BCUT2D eigenvalue weighted by molar-refractivity contribution is 5.89. The van der Waals surface area contributed by atoms with Crippen molar-refractivity contribution in [3.8, 4) is 0 Å². The lowest BCUT2D eigenvalue weighted by Gasteiger charge is -2.34. The minimum absolute atomic E-state index is 0.0938. The number of nitrogens with zero attached hydrogens (tertiary/aromatic N) is 3. The molecule has 1 aliphatic heterocycles. The van der Waals surface area contributed by atoms with Crippen molar-refractivity contribution in [1.82, 2.24) is 14.7 Å². The molecule has 1 fully saturated rings. The van der Waals surface area contributed by atoms with Gasteiger partial charge in [0.25, 0.3) is 0 Å². The molecule has 1 aromatic carbocycles. The van der Waals surface area contributed by atoms with Crippen LogP contribution < -0.4 is 5.32 Å². The first kappa shape index (κ1) is 17.5. The lowest BCUT2D eigenvalue weighted by atomic mass is 9.87. The molecule has 6 nitrogen and oxygen atoms in total. The van der Waals surface area contributed by atoms with Crippen molar-refractivity contribution in [1.29, 1.82) is 0 Å². The number of carbonyl (C=O) groups excluding carboxylic acids is 1. The molecule has 2 N–H and O–H groups in total. The van der Waals surface area contributed by atoms with Crippen LogP contribution in [0.2, 0.25) is 0 Å². The van der Waals surface area contributed by atoms with Crippen LogP contribution in [0.5, 0.6) is 0 Å². The normalized spacial score (nSPS) is 16.6. The number of anilines is 1. The Morgan fingerprint density at radius 3 is 2.72 bits per heavy atom. The number of benzene rings is 1. The lowest BCUT2D eigenvalue weighted by molar-refractivity contribution is 0.0683. The molecule has 2 aromatic rings. The van der Waals surface area contributed by atoms with Gasteiger partial charge in [0.05, 0.1) is 18.0 Å². The smallest absolute Gasteiger partial charge is 0.321 e. The van der Waals surface area contributed by atoms with E-state index in [9.17, 15) is 9.90 Å². The number of aliphatic hydroxyl groups is 1. The number of hydrogen-bond donors (Lipinski definition) is 2. The fourth-order valence-corrected chi connectivity index (χ4v) is 3.32. The number of carbonyl (C=O) groups is 1. The van der Waals surface area contributed by atoms with Crippen molar-refractivity contribution in [2.24, 2.45) is 5.92 Å². The Bertz CT molecular complexity index is 678. The quantitative estimate of drug-likeness (QED) is 0.876. The zero-order valence-corrected chi connectivity index (χ0v) is 14.6. The Morgan fingerprint density at radius 2 is 2.04 bits per heavy atom. The molecule has 1 unspecified atom stereocenters. The van der Waals surface area contributed by atoms with Gasteiger partial charge < -0.3 is 15.3 Å². The molecule has 134 valence electrons. The van der Waals surface area contributed by atoms with Gasteiger partial charge in [-0.15, -0.1) is 0 Å². The van der Waals surface area contributed by atoms with E-state index in [4.69, 9.17) is 0 Å². The van der Waals surface area contributed by atoms with E-state index < -0.39 is 6.10 Å². The van der Waals surface area contributed by atoms with Crippen LogP contribution in [-0.4, -0.2) is 38.9 Å². The number of likely N-dealkylation sites (tertiary alicyclic amines) is 1. The van der Waals surface area contributed by atoms with Gasteiger partial charge in [-0.2, -0.15) is 5.10 Å². The molecule has 1 saturated heterocycles. The monoisotopic (exact) mass is 342 g/mol. The zero-order chi connectivity index (χ0) is 17.6. The van der Waals surface area contributed by atoms with Gasteiger partial charge in [-0.25, -0.2) is 4.79 Å². The Morgan fingerprint density at radius 1 is 1.32 bits per heavy atom. The lowest BCUT2D eigenvalue weighted by Crippen LogP contribution is -2.42. The first-order valence-electron chi connectivity index (χ1n) is 8.98. The summed E-state index contributed by atoms with van der Waals surface area (Å²) in [6, 6.07) is 9.66. The van der Waals surface area contributed by atoms with Crippen LogP contribution in [0.25, 0.3) is 0 Å². The van der Waals surface area contributed by atoms with E-state index in [2.05, 4.69) is 17.3 Å². The summed E-state index contributed by atoms with van der Waals surface area (Å²) in [5, 5.41) is 17.7. The molecule has 0 saturated carbocycles. The largest absolute Gasteiger partial charge is 0.388 e. The summed E-state index contributed by atoms with van der Waals surface area (Å²) in [6.45, 7) is 4.25. The molecule has 2 heterocycles. The molecular weight excluding hydrogens is 316 g/mol. The van der Waals surface area contributed by atoms with Gasteiger partial charge in [0.2, 0.25) is 0 Å². The van der Waals surface area contributed by atoms with Crippen LogP contribution in [0.15, 0.2) is 42.7 Å².